The van der Waals surface area contributed by atoms with E-state index in [0.717, 1.165) is 0 Å². The number of amides is 3. The summed E-state index contributed by atoms with van der Waals surface area (Å²) in [6.07, 6.45) is 1.41. The van der Waals surface area contributed by atoms with E-state index in [1.165, 1.54) is 7.05 Å². The lowest BCUT2D eigenvalue weighted by atomic mass is 9.93. The first-order valence-corrected chi connectivity index (χ1v) is 5.85. The number of nitrogens with one attached hydrogen (secondary N) is 3. The van der Waals surface area contributed by atoms with Crippen molar-refractivity contribution in [1.82, 2.24) is 16.0 Å². The van der Waals surface area contributed by atoms with E-state index in [1.807, 2.05) is 13.8 Å². The van der Waals surface area contributed by atoms with Crippen molar-refractivity contribution in [2.45, 2.75) is 45.2 Å². The molecule has 0 aliphatic rings. The molecule has 0 aliphatic heterocycles. The maximum absolute atomic E-state index is 11.6. The van der Waals surface area contributed by atoms with Gasteiger partial charge in [-0.15, -0.1) is 0 Å². The highest BCUT2D eigenvalue weighted by molar-refractivity contribution is 5.96. The van der Waals surface area contributed by atoms with Gasteiger partial charge in [-0.25, -0.2) is 4.79 Å². The van der Waals surface area contributed by atoms with E-state index >= 15 is 0 Å². The van der Waals surface area contributed by atoms with Crippen molar-refractivity contribution in [3.8, 4) is 0 Å². The van der Waals surface area contributed by atoms with Gasteiger partial charge < -0.3 is 10.4 Å². The second kappa shape index (κ2) is 7.24. The number of urea groups is 1. The van der Waals surface area contributed by atoms with Gasteiger partial charge in [0, 0.05) is 12.6 Å². The van der Waals surface area contributed by atoms with Crippen LogP contribution < -0.4 is 16.0 Å². The smallest absolute Gasteiger partial charge is 0.321 e. The Bertz CT molecular complexity index is 256. The van der Waals surface area contributed by atoms with Crippen LogP contribution in [0.1, 0.15) is 33.6 Å². The third kappa shape index (κ3) is 4.70. The molecule has 0 bridgehead atoms. The topological polar surface area (TPSA) is 90.5 Å². The predicted molar refractivity (Wildman–Crippen MR) is 65.6 cm³/mol. The van der Waals surface area contributed by atoms with Crippen molar-refractivity contribution < 1.29 is 14.7 Å². The molecule has 4 N–H and O–H groups in total. The summed E-state index contributed by atoms with van der Waals surface area (Å²) >= 11 is 0. The van der Waals surface area contributed by atoms with Crippen LogP contribution in [0.4, 0.5) is 4.79 Å². The highest BCUT2D eigenvalue weighted by Crippen LogP contribution is 2.14. The zero-order valence-corrected chi connectivity index (χ0v) is 11.0. The largest absolute Gasteiger partial charge is 0.394 e. The van der Waals surface area contributed by atoms with Crippen LogP contribution in [0.15, 0.2) is 0 Å². The van der Waals surface area contributed by atoms with E-state index in [4.69, 9.17) is 0 Å². The normalized spacial score (nSPS) is 13.0. The van der Waals surface area contributed by atoms with Crippen molar-refractivity contribution in [1.29, 1.82) is 0 Å². The molecule has 1 atom stereocenters. The van der Waals surface area contributed by atoms with Gasteiger partial charge >= 0.3 is 6.03 Å². The lowest BCUT2D eigenvalue weighted by molar-refractivity contribution is -0.122. The third-order valence-corrected chi connectivity index (χ3v) is 3.04. The Balaban J connectivity index is 4.45. The van der Waals surface area contributed by atoms with Crippen LogP contribution in [-0.4, -0.2) is 42.3 Å². The average molecular weight is 245 g/mol. The van der Waals surface area contributed by atoms with Gasteiger partial charge in [0.15, 0.2) is 0 Å². The highest BCUT2D eigenvalue weighted by Gasteiger charge is 2.29. The molecular weight excluding hydrogens is 222 g/mol. The van der Waals surface area contributed by atoms with Gasteiger partial charge in [-0.2, -0.15) is 0 Å². The van der Waals surface area contributed by atoms with Gasteiger partial charge in [0.25, 0.3) is 0 Å². The molecule has 0 fully saturated rings. The van der Waals surface area contributed by atoms with Crippen LogP contribution in [0.25, 0.3) is 0 Å². The number of carbonyl (C=O) groups is 2. The molecule has 0 aromatic heterocycles. The van der Waals surface area contributed by atoms with E-state index in [2.05, 4.69) is 16.0 Å². The summed E-state index contributed by atoms with van der Waals surface area (Å²) in [5.41, 5.74) is -0.473. The molecule has 0 aromatic carbocycles. The van der Waals surface area contributed by atoms with Crippen molar-refractivity contribution in [2.24, 2.45) is 0 Å². The molecule has 0 heterocycles. The molecule has 0 aliphatic carbocycles. The predicted octanol–water partition coefficient (Wildman–Crippen LogP) is -0.0288. The molecule has 0 saturated heterocycles. The molecule has 3 amide bonds. The standard InChI is InChI=1S/C11H23N3O3/c1-5-11(6-2,7-15)14-8(3)9(16)13-10(17)12-4/h8,14-15H,5-7H2,1-4H3,(H2,12,13,16,17). The number of hydrogen-bond donors (Lipinski definition) is 4. The van der Waals surface area contributed by atoms with E-state index in [-0.39, 0.29) is 6.61 Å². The Kier molecular flexibility index (Phi) is 6.75. The summed E-state index contributed by atoms with van der Waals surface area (Å²) in [7, 11) is 1.44. The van der Waals surface area contributed by atoms with Gasteiger partial charge in [0.1, 0.15) is 0 Å². The van der Waals surface area contributed by atoms with Crippen LogP contribution in [0.3, 0.4) is 0 Å². The van der Waals surface area contributed by atoms with Crippen molar-refractivity contribution in [3.63, 3.8) is 0 Å². The molecule has 6 heteroatoms. The van der Waals surface area contributed by atoms with Gasteiger partial charge in [0.05, 0.1) is 12.6 Å². The Morgan fingerprint density at radius 2 is 1.82 bits per heavy atom. The Labute approximate surface area is 102 Å². The summed E-state index contributed by atoms with van der Waals surface area (Å²) in [6.45, 7) is 5.50. The quantitative estimate of drug-likeness (QED) is 0.529. The van der Waals surface area contributed by atoms with E-state index in [9.17, 15) is 14.7 Å². The molecule has 100 valence electrons. The molecule has 6 nitrogen and oxygen atoms in total. The summed E-state index contributed by atoms with van der Waals surface area (Å²) in [5, 5.41) is 16.9. The highest BCUT2D eigenvalue weighted by atomic mass is 16.3. The number of rotatable bonds is 6. The van der Waals surface area contributed by atoms with E-state index < -0.39 is 23.5 Å². The van der Waals surface area contributed by atoms with Crippen LogP contribution >= 0.6 is 0 Å². The molecule has 1 unspecified atom stereocenters. The summed E-state index contributed by atoms with van der Waals surface area (Å²) < 4.78 is 0. The third-order valence-electron chi connectivity index (χ3n) is 3.04. The van der Waals surface area contributed by atoms with Crippen molar-refractivity contribution in [3.05, 3.63) is 0 Å². The number of aliphatic hydroxyl groups excluding tert-OH is 1. The maximum Gasteiger partial charge on any atom is 0.321 e. The summed E-state index contributed by atoms with van der Waals surface area (Å²) in [6, 6.07) is -1.08. The first kappa shape index (κ1) is 15.9. The minimum atomic E-state index is -0.542. The number of carbonyl (C=O) groups excluding carboxylic acids is 2. The minimum Gasteiger partial charge on any atom is -0.394 e. The van der Waals surface area contributed by atoms with Gasteiger partial charge in [0.2, 0.25) is 5.91 Å². The summed E-state index contributed by atoms with van der Waals surface area (Å²) in [5.74, 6) is -0.413. The van der Waals surface area contributed by atoms with Crippen LogP contribution in [0.5, 0.6) is 0 Å². The fraction of sp³-hybridized carbons (Fsp3) is 0.818. The first-order valence-electron chi connectivity index (χ1n) is 5.85. The monoisotopic (exact) mass is 245 g/mol. The second-order valence-electron chi connectivity index (χ2n) is 4.08. The fourth-order valence-electron chi connectivity index (χ4n) is 1.53. The van der Waals surface area contributed by atoms with Crippen molar-refractivity contribution in [2.75, 3.05) is 13.7 Å². The number of aliphatic hydroxyl groups is 1. The van der Waals surface area contributed by atoms with E-state index in [1.54, 1.807) is 6.92 Å². The fourth-order valence-corrected chi connectivity index (χ4v) is 1.53. The second-order valence-corrected chi connectivity index (χ2v) is 4.08. The molecule has 0 aromatic rings. The van der Waals surface area contributed by atoms with Crippen LogP contribution in [-0.2, 0) is 4.79 Å². The van der Waals surface area contributed by atoms with Crippen LogP contribution in [0, 0.1) is 0 Å². The molecule has 17 heavy (non-hydrogen) atoms. The zero-order valence-electron chi connectivity index (χ0n) is 11.0. The number of hydrogen-bond acceptors (Lipinski definition) is 4. The Morgan fingerprint density at radius 1 is 1.29 bits per heavy atom. The maximum atomic E-state index is 11.6. The summed E-state index contributed by atoms with van der Waals surface area (Å²) in [4.78, 5) is 22.6. The SMILES string of the molecule is CCC(CC)(CO)NC(C)C(=O)NC(=O)NC. The zero-order chi connectivity index (χ0) is 13.5. The Hall–Kier alpha value is -1.14. The van der Waals surface area contributed by atoms with Gasteiger partial charge in [-0.3, -0.25) is 15.4 Å². The van der Waals surface area contributed by atoms with E-state index in [0.29, 0.717) is 12.8 Å². The molecular formula is C11H23N3O3. The Morgan fingerprint density at radius 3 is 2.18 bits per heavy atom. The molecule has 0 rings (SSSR count). The average Bonchev–Trinajstić information content (AvgIpc) is 2.35. The lowest BCUT2D eigenvalue weighted by Crippen LogP contribution is -2.57. The number of imide groups is 1. The molecule has 0 radical (unpaired) electrons. The molecule has 0 spiro atoms. The molecule has 0 saturated carbocycles. The first-order chi connectivity index (χ1) is 7.94. The lowest BCUT2D eigenvalue weighted by Gasteiger charge is -2.33. The van der Waals surface area contributed by atoms with Gasteiger partial charge in [-0.1, -0.05) is 13.8 Å². The van der Waals surface area contributed by atoms with Gasteiger partial charge in [-0.05, 0) is 19.8 Å². The van der Waals surface area contributed by atoms with Crippen molar-refractivity contribution >= 4 is 11.9 Å². The van der Waals surface area contributed by atoms with Crippen LogP contribution in [0.2, 0.25) is 0 Å². The minimum absolute atomic E-state index is 0.0441.